The summed E-state index contributed by atoms with van der Waals surface area (Å²) in [5, 5.41) is 15.0. The van der Waals surface area contributed by atoms with Crippen LogP contribution in [0.4, 0.5) is 0 Å². The number of carboxylic acids is 1. The molecule has 19 heavy (non-hydrogen) atoms. The fourth-order valence-electron chi connectivity index (χ4n) is 1.86. The molecule has 0 bridgehead atoms. The number of hydrogen-bond donors (Lipinski definition) is 2. The number of aryl methyl sites for hydroxylation is 1. The van der Waals surface area contributed by atoms with Gasteiger partial charge in [-0.3, -0.25) is 9.59 Å². The summed E-state index contributed by atoms with van der Waals surface area (Å²) in [4.78, 5) is 26.3. The molecule has 0 fully saturated rings. The molecule has 0 radical (unpaired) electrons. The van der Waals surface area contributed by atoms with Gasteiger partial charge in [0, 0.05) is 19.9 Å². The van der Waals surface area contributed by atoms with Crippen LogP contribution in [0.2, 0.25) is 0 Å². The first-order valence-corrected chi connectivity index (χ1v) is 6.18. The van der Waals surface area contributed by atoms with Crippen molar-refractivity contribution < 1.29 is 19.2 Å². The number of rotatable bonds is 7. The van der Waals surface area contributed by atoms with Crippen molar-refractivity contribution in [1.29, 1.82) is 0 Å². The highest BCUT2D eigenvalue weighted by Crippen LogP contribution is 2.14. The maximum absolute atomic E-state index is 11.7. The maximum atomic E-state index is 11.7. The minimum absolute atomic E-state index is 0.0314. The van der Waals surface area contributed by atoms with E-state index in [-0.39, 0.29) is 24.7 Å². The lowest BCUT2D eigenvalue weighted by Crippen LogP contribution is -2.31. The largest absolute Gasteiger partial charge is 0.481 e. The first-order valence-electron chi connectivity index (χ1n) is 6.18. The van der Waals surface area contributed by atoms with Gasteiger partial charge in [-0.1, -0.05) is 19.0 Å². The van der Waals surface area contributed by atoms with Crippen molar-refractivity contribution >= 4 is 11.9 Å². The van der Waals surface area contributed by atoms with E-state index in [0.717, 1.165) is 6.42 Å². The summed E-state index contributed by atoms with van der Waals surface area (Å²) >= 11 is 0. The van der Waals surface area contributed by atoms with Gasteiger partial charge in [-0.2, -0.15) is 4.98 Å². The van der Waals surface area contributed by atoms with Crippen LogP contribution in [0.1, 0.15) is 43.2 Å². The summed E-state index contributed by atoms with van der Waals surface area (Å²) in [5.41, 5.74) is 0. The summed E-state index contributed by atoms with van der Waals surface area (Å²) in [6.45, 7) is 5.91. The van der Waals surface area contributed by atoms with Crippen LogP contribution in [0.3, 0.4) is 0 Å². The Kier molecular flexibility index (Phi) is 5.47. The molecule has 0 saturated heterocycles. The summed E-state index contributed by atoms with van der Waals surface area (Å²) in [6.07, 6.45) is 0.765. The lowest BCUT2D eigenvalue weighted by Gasteiger charge is -2.17. The van der Waals surface area contributed by atoms with Crippen molar-refractivity contribution in [2.24, 2.45) is 11.8 Å². The molecule has 1 aromatic rings. The highest BCUT2D eigenvalue weighted by atomic mass is 16.5. The topological polar surface area (TPSA) is 105 Å². The zero-order valence-corrected chi connectivity index (χ0v) is 11.3. The Labute approximate surface area is 111 Å². The molecule has 0 aliphatic rings. The number of carboxylic acid groups (broad SMARTS) is 1. The van der Waals surface area contributed by atoms with Gasteiger partial charge in [0.05, 0.1) is 0 Å². The molecule has 2 N–H and O–H groups in total. The molecule has 0 aliphatic heterocycles. The first-order chi connectivity index (χ1) is 8.88. The van der Waals surface area contributed by atoms with Crippen LogP contribution in [-0.4, -0.2) is 33.7 Å². The van der Waals surface area contributed by atoms with E-state index in [1.165, 1.54) is 0 Å². The van der Waals surface area contributed by atoms with E-state index in [2.05, 4.69) is 15.5 Å². The van der Waals surface area contributed by atoms with Gasteiger partial charge in [0.15, 0.2) is 0 Å². The number of aromatic nitrogens is 2. The summed E-state index contributed by atoms with van der Waals surface area (Å²) < 4.78 is 4.71. The third-order valence-electron chi connectivity index (χ3n) is 2.55. The normalized spacial score (nSPS) is 12.4. The van der Waals surface area contributed by atoms with Crippen LogP contribution in [-0.2, 0) is 4.79 Å². The van der Waals surface area contributed by atoms with Crippen LogP contribution >= 0.6 is 0 Å². The Morgan fingerprint density at radius 2 is 2.11 bits per heavy atom. The lowest BCUT2D eigenvalue weighted by molar-refractivity contribution is -0.138. The van der Waals surface area contributed by atoms with Crippen molar-refractivity contribution in [2.45, 2.75) is 33.6 Å². The predicted molar refractivity (Wildman–Crippen MR) is 66.6 cm³/mol. The minimum atomic E-state index is -0.865. The zero-order valence-electron chi connectivity index (χ0n) is 11.3. The Bertz CT molecular complexity index is 442. The summed E-state index contributed by atoms with van der Waals surface area (Å²) in [5.74, 6) is -0.764. The van der Waals surface area contributed by atoms with Crippen molar-refractivity contribution in [3.63, 3.8) is 0 Å². The fourth-order valence-corrected chi connectivity index (χ4v) is 1.86. The molecule has 7 heteroatoms. The molecule has 1 rings (SSSR count). The molecule has 0 aromatic carbocycles. The van der Waals surface area contributed by atoms with E-state index in [0.29, 0.717) is 11.8 Å². The second-order valence-electron chi connectivity index (χ2n) is 4.94. The van der Waals surface area contributed by atoms with Crippen LogP contribution in [0.5, 0.6) is 0 Å². The average Bonchev–Trinajstić information content (AvgIpc) is 2.71. The molecule has 1 heterocycles. The van der Waals surface area contributed by atoms with Crippen LogP contribution in [0, 0.1) is 18.8 Å². The number of carbonyl (C=O) groups is 2. The van der Waals surface area contributed by atoms with E-state index in [4.69, 9.17) is 9.63 Å². The number of nitrogens with zero attached hydrogens (tertiary/aromatic N) is 2. The van der Waals surface area contributed by atoms with Crippen LogP contribution in [0.15, 0.2) is 4.52 Å². The molecule has 1 amide bonds. The molecular formula is C12H19N3O4. The minimum Gasteiger partial charge on any atom is -0.481 e. The second-order valence-corrected chi connectivity index (χ2v) is 4.94. The van der Waals surface area contributed by atoms with Gasteiger partial charge in [-0.05, 0) is 18.3 Å². The van der Waals surface area contributed by atoms with E-state index >= 15 is 0 Å². The lowest BCUT2D eigenvalue weighted by atomic mass is 9.94. The van der Waals surface area contributed by atoms with Crippen LogP contribution < -0.4 is 5.32 Å². The summed E-state index contributed by atoms with van der Waals surface area (Å²) in [6, 6.07) is 0. The molecule has 1 atom stereocenters. The van der Waals surface area contributed by atoms with Crippen molar-refractivity contribution in [3.8, 4) is 0 Å². The highest BCUT2D eigenvalue weighted by Gasteiger charge is 2.18. The molecular weight excluding hydrogens is 250 g/mol. The predicted octanol–water partition coefficient (Wildman–Crippen LogP) is 1.24. The van der Waals surface area contributed by atoms with Gasteiger partial charge >= 0.3 is 5.97 Å². The van der Waals surface area contributed by atoms with Gasteiger partial charge in [-0.25, -0.2) is 0 Å². The van der Waals surface area contributed by atoms with E-state index in [9.17, 15) is 9.59 Å². The molecule has 0 aliphatic carbocycles. The van der Waals surface area contributed by atoms with Gasteiger partial charge in [0.25, 0.3) is 11.7 Å². The van der Waals surface area contributed by atoms with E-state index < -0.39 is 11.9 Å². The Morgan fingerprint density at radius 3 is 2.58 bits per heavy atom. The highest BCUT2D eigenvalue weighted by molar-refractivity contribution is 5.90. The Balaban J connectivity index is 2.50. The van der Waals surface area contributed by atoms with Crippen molar-refractivity contribution in [2.75, 3.05) is 6.54 Å². The number of aliphatic carboxylic acids is 1. The second kappa shape index (κ2) is 6.86. The SMILES string of the molecule is Cc1nc(C(=O)NC[C@H](CC(=O)O)CC(C)C)no1. The number of hydrogen-bond acceptors (Lipinski definition) is 5. The molecule has 0 saturated carbocycles. The first kappa shape index (κ1) is 15.1. The Morgan fingerprint density at radius 1 is 1.42 bits per heavy atom. The van der Waals surface area contributed by atoms with Gasteiger partial charge in [0.1, 0.15) is 0 Å². The quantitative estimate of drug-likeness (QED) is 0.771. The molecule has 0 unspecified atom stereocenters. The maximum Gasteiger partial charge on any atom is 0.303 e. The summed E-state index contributed by atoms with van der Waals surface area (Å²) in [7, 11) is 0. The third kappa shape index (κ3) is 5.50. The van der Waals surface area contributed by atoms with E-state index in [1.54, 1.807) is 6.92 Å². The number of nitrogens with one attached hydrogen (secondary N) is 1. The molecule has 106 valence electrons. The van der Waals surface area contributed by atoms with Gasteiger partial charge in [0.2, 0.25) is 5.89 Å². The Hall–Kier alpha value is -1.92. The molecule has 1 aromatic heterocycles. The smallest absolute Gasteiger partial charge is 0.303 e. The molecule has 0 spiro atoms. The standard InChI is InChI=1S/C12H19N3O4/c1-7(2)4-9(5-10(16)17)6-13-12(18)11-14-8(3)19-15-11/h7,9H,4-6H2,1-3H3,(H,13,18)(H,16,17)/t9-/m0/s1. The van der Waals surface area contributed by atoms with Crippen LogP contribution in [0.25, 0.3) is 0 Å². The number of amides is 1. The number of carbonyl (C=O) groups excluding carboxylic acids is 1. The van der Waals surface area contributed by atoms with Crippen molar-refractivity contribution in [3.05, 3.63) is 11.7 Å². The monoisotopic (exact) mass is 269 g/mol. The van der Waals surface area contributed by atoms with Gasteiger partial charge < -0.3 is 14.9 Å². The third-order valence-corrected chi connectivity index (χ3v) is 2.55. The average molecular weight is 269 g/mol. The fraction of sp³-hybridized carbons (Fsp3) is 0.667. The van der Waals surface area contributed by atoms with Gasteiger partial charge in [-0.15, -0.1) is 0 Å². The van der Waals surface area contributed by atoms with E-state index in [1.807, 2.05) is 13.8 Å². The zero-order chi connectivity index (χ0) is 14.4. The van der Waals surface area contributed by atoms with Crippen molar-refractivity contribution in [1.82, 2.24) is 15.5 Å². The molecule has 7 nitrogen and oxygen atoms in total.